The summed E-state index contributed by atoms with van der Waals surface area (Å²) in [5.41, 5.74) is 0. The Morgan fingerprint density at radius 2 is 1.88 bits per heavy atom. The molecule has 0 aliphatic heterocycles. The van der Waals surface area contributed by atoms with Crippen molar-refractivity contribution in [2.75, 3.05) is 0 Å². The zero-order valence-corrected chi connectivity index (χ0v) is 12.2. The molecular weight excluding hydrogens is 306 g/mol. The highest BCUT2D eigenvalue weighted by atomic mass is 79.9. The maximum Gasteiger partial charge on any atom is 0.268 e. The third kappa shape index (κ3) is 10.2. The molecule has 17 heavy (non-hydrogen) atoms. The molecule has 1 unspecified atom stereocenters. The molecule has 0 aliphatic carbocycles. The number of allylic oxidation sites excluding steroid dienone is 1. The lowest BCUT2D eigenvalue weighted by Crippen LogP contribution is -2.18. The van der Waals surface area contributed by atoms with Gasteiger partial charge in [0.1, 0.15) is 0 Å². The molecule has 1 atom stereocenters. The molecule has 1 N–H and O–H groups in total. The van der Waals surface area contributed by atoms with Crippen LogP contribution in [0.15, 0.2) is 43.2 Å². The third-order valence-electron chi connectivity index (χ3n) is 1.87. The first-order valence-electron chi connectivity index (χ1n) is 4.94. The van der Waals surface area contributed by atoms with Crippen LogP contribution in [0, 0.1) is 0 Å². The summed E-state index contributed by atoms with van der Waals surface area (Å²) in [6, 6.07) is 5.72. The summed E-state index contributed by atoms with van der Waals surface area (Å²) in [6.45, 7) is 5.10. The van der Waals surface area contributed by atoms with Gasteiger partial charge in [-0.3, -0.25) is 9.54 Å². The van der Waals surface area contributed by atoms with Gasteiger partial charge in [0.05, 0.1) is 5.25 Å². The van der Waals surface area contributed by atoms with Crippen molar-refractivity contribution in [3.63, 3.8) is 0 Å². The lowest BCUT2D eigenvalue weighted by Gasteiger charge is -2.06. The zero-order valence-electron chi connectivity index (χ0n) is 9.69. The van der Waals surface area contributed by atoms with Gasteiger partial charge in [-0.1, -0.05) is 19.1 Å². The fourth-order valence-corrected chi connectivity index (χ4v) is 1.80. The predicted octanol–water partition coefficient (Wildman–Crippen LogP) is 2.89. The van der Waals surface area contributed by atoms with Crippen LogP contribution in [-0.2, 0) is 10.1 Å². The van der Waals surface area contributed by atoms with E-state index in [1.165, 1.54) is 6.08 Å². The molecule has 0 fully saturated rings. The molecule has 1 aromatic rings. The van der Waals surface area contributed by atoms with Crippen molar-refractivity contribution in [3.8, 4) is 0 Å². The Bertz CT molecular complexity index is 354. The quantitative estimate of drug-likeness (QED) is 0.683. The zero-order chi connectivity index (χ0) is 12.4. The van der Waals surface area contributed by atoms with E-state index in [0.717, 1.165) is 0 Å². The second-order valence-electron chi connectivity index (χ2n) is 3.09. The fraction of sp³-hybridized carbons (Fsp3) is 0.364. The minimum absolute atomic E-state index is 0. The average molecular weight is 324 g/mol. The fourth-order valence-electron chi connectivity index (χ4n) is 0.997. The van der Waals surface area contributed by atoms with Crippen molar-refractivity contribution in [2.24, 2.45) is 0 Å². The minimum Gasteiger partial charge on any atom is -0.285 e. The van der Waals surface area contributed by atoms with Gasteiger partial charge in [0.15, 0.2) is 0 Å². The maximum atomic E-state index is 10.5. The average Bonchev–Trinajstić information content (AvgIpc) is 2.27. The maximum absolute atomic E-state index is 10.5. The SMILES string of the molecule is Br.C=CCC(CC)S(=O)(=O)O.c1ccncc1. The largest absolute Gasteiger partial charge is 0.285 e. The topological polar surface area (TPSA) is 67.3 Å². The van der Waals surface area contributed by atoms with Gasteiger partial charge in [-0.05, 0) is 25.0 Å². The first kappa shape index (κ1) is 18.6. The van der Waals surface area contributed by atoms with E-state index in [4.69, 9.17) is 4.55 Å². The van der Waals surface area contributed by atoms with E-state index in [1.54, 1.807) is 19.3 Å². The summed E-state index contributed by atoms with van der Waals surface area (Å²) in [7, 11) is -3.85. The molecule has 4 nitrogen and oxygen atoms in total. The van der Waals surface area contributed by atoms with E-state index < -0.39 is 15.4 Å². The molecule has 1 aromatic heterocycles. The van der Waals surface area contributed by atoms with Crippen LogP contribution in [0.3, 0.4) is 0 Å². The molecule has 0 bridgehead atoms. The van der Waals surface area contributed by atoms with Crippen molar-refractivity contribution in [1.29, 1.82) is 0 Å². The summed E-state index contributed by atoms with van der Waals surface area (Å²) in [5, 5.41) is -0.676. The van der Waals surface area contributed by atoms with Crippen molar-refractivity contribution in [2.45, 2.75) is 25.0 Å². The Hall–Kier alpha value is -0.720. The summed E-state index contributed by atoms with van der Waals surface area (Å²) in [5.74, 6) is 0. The van der Waals surface area contributed by atoms with Crippen molar-refractivity contribution in [3.05, 3.63) is 43.2 Å². The van der Waals surface area contributed by atoms with Crippen molar-refractivity contribution >= 4 is 27.1 Å². The Balaban J connectivity index is 0. The highest BCUT2D eigenvalue weighted by Crippen LogP contribution is 2.08. The molecule has 0 amide bonds. The van der Waals surface area contributed by atoms with Crippen LogP contribution in [0.2, 0.25) is 0 Å². The van der Waals surface area contributed by atoms with Gasteiger partial charge in [-0.2, -0.15) is 8.42 Å². The molecule has 0 saturated heterocycles. The van der Waals surface area contributed by atoms with Gasteiger partial charge in [0.25, 0.3) is 10.1 Å². The molecule has 0 aromatic carbocycles. The predicted molar refractivity (Wildman–Crippen MR) is 75.0 cm³/mol. The minimum atomic E-state index is -3.85. The van der Waals surface area contributed by atoms with Crippen LogP contribution in [0.1, 0.15) is 19.8 Å². The van der Waals surface area contributed by atoms with Crippen molar-refractivity contribution in [1.82, 2.24) is 4.98 Å². The molecule has 98 valence electrons. The normalized spacial score (nSPS) is 11.4. The van der Waals surface area contributed by atoms with E-state index in [1.807, 2.05) is 18.2 Å². The van der Waals surface area contributed by atoms with Gasteiger partial charge in [-0.25, -0.2) is 0 Å². The molecule has 0 spiro atoms. The number of halogens is 1. The summed E-state index contributed by atoms with van der Waals surface area (Å²) in [6.07, 6.45) is 5.72. The standard InChI is InChI=1S/C6H12O3S.C5H5N.BrH/c1-3-5-6(4-2)10(7,8)9;1-2-4-6-5-3-1;/h3,6H,1,4-5H2,2H3,(H,7,8,9);1-5H;1H. The first-order valence-corrected chi connectivity index (χ1v) is 6.44. The highest BCUT2D eigenvalue weighted by Gasteiger charge is 2.18. The molecule has 6 heteroatoms. The van der Waals surface area contributed by atoms with Gasteiger partial charge < -0.3 is 0 Å². The van der Waals surface area contributed by atoms with E-state index in [2.05, 4.69) is 11.6 Å². The lowest BCUT2D eigenvalue weighted by atomic mass is 10.2. The Labute approximate surface area is 113 Å². The van der Waals surface area contributed by atoms with Gasteiger partial charge >= 0.3 is 0 Å². The summed E-state index contributed by atoms with van der Waals surface area (Å²) < 4.78 is 29.5. The van der Waals surface area contributed by atoms with E-state index in [-0.39, 0.29) is 17.0 Å². The van der Waals surface area contributed by atoms with Crippen molar-refractivity contribution < 1.29 is 13.0 Å². The number of hydrogen-bond donors (Lipinski definition) is 1. The number of hydrogen-bond acceptors (Lipinski definition) is 3. The molecule has 0 radical (unpaired) electrons. The van der Waals surface area contributed by atoms with Crippen LogP contribution in [0.25, 0.3) is 0 Å². The summed E-state index contributed by atoms with van der Waals surface area (Å²) in [4.78, 5) is 3.78. The van der Waals surface area contributed by atoms with E-state index in [0.29, 0.717) is 12.8 Å². The number of nitrogens with zero attached hydrogens (tertiary/aromatic N) is 1. The second kappa shape index (κ2) is 10.4. The molecule has 0 aliphatic rings. The van der Waals surface area contributed by atoms with Gasteiger partial charge in [-0.15, -0.1) is 23.6 Å². The number of aromatic nitrogens is 1. The summed E-state index contributed by atoms with van der Waals surface area (Å²) >= 11 is 0. The number of rotatable bonds is 4. The Morgan fingerprint density at radius 1 is 1.35 bits per heavy atom. The van der Waals surface area contributed by atoms with Crippen LogP contribution >= 0.6 is 17.0 Å². The highest BCUT2D eigenvalue weighted by molar-refractivity contribution is 8.93. The van der Waals surface area contributed by atoms with Crippen LogP contribution in [-0.4, -0.2) is 23.2 Å². The van der Waals surface area contributed by atoms with Crippen LogP contribution in [0.5, 0.6) is 0 Å². The monoisotopic (exact) mass is 323 g/mol. The smallest absolute Gasteiger partial charge is 0.268 e. The first-order chi connectivity index (χ1) is 7.52. The van der Waals surface area contributed by atoms with Crippen LogP contribution < -0.4 is 0 Å². The molecule has 1 heterocycles. The van der Waals surface area contributed by atoms with Gasteiger partial charge in [0, 0.05) is 12.4 Å². The number of pyridine rings is 1. The lowest BCUT2D eigenvalue weighted by molar-refractivity contribution is 0.464. The molecule has 0 saturated carbocycles. The van der Waals surface area contributed by atoms with Crippen LogP contribution in [0.4, 0.5) is 0 Å². The Morgan fingerprint density at radius 3 is 2.00 bits per heavy atom. The van der Waals surface area contributed by atoms with E-state index >= 15 is 0 Å². The third-order valence-corrected chi connectivity index (χ3v) is 3.24. The molecule has 1 rings (SSSR count). The van der Waals surface area contributed by atoms with E-state index in [9.17, 15) is 8.42 Å². The second-order valence-corrected chi connectivity index (χ2v) is 4.79. The van der Waals surface area contributed by atoms with Gasteiger partial charge in [0.2, 0.25) is 0 Å². The molecular formula is C11H18BrNO3S. The Kier molecular flexibility index (Phi) is 11.4.